The highest BCUT2D eigenvalue weighted by molar-refractivity contribution is 5.97. The van der Waals surface area contributed by atoms with Gasteiger partial charge in [0.05, 0.1) is 29.3 Å². The quantitative estimate of drug-likeness (QED) is 0.671. The smallest absolute Gasteiger partial charge is 0.154 e. The summed E-state index contributed by atoms with van der Waals surface area (Å²) >= 11 is 0. The second-order valence-corrected chi connectivity index (χ2v) is 6.64. The van der Waals surface area contributed by atoms with Crippen LogP contribution in [0.25, 0.3) is 11.0 Å². The lowest BCUT2D eigenvalue weighted by Gasteiger charge is -2.13. The topological polar surface area (TPSA) is 80.8 Å². The zero-order chi connectivity index (χ0) is 18.7. The van der Waals surface area contributed by atoms with Crippen molar-refractivity contribution in [2.45, 2.75) is 39.3 Å². The molecule has 0 spiro atoms. The highest BCUT2D eigenvalue weighted by Gasteiger charge is 2.28. The largest absolute Gasteiger partial charge is 0.375 e. The van der Waals surface area contributed by atoms with E-state index in [-0.39, 0.29) is 6.04 Å². The van der Waals surface area contributed by atoms with Crippen LogP contribution in [0, 0.1) is 0 Å². The normalized spacial score (nSPS) is 15.2. The standard InChI is InChI=1S/C17H20N6.C3H8/c1-19-17-15-16(23(2)9-20-15)14-13(22-17)7-12(21-14)11-5-3-4-10(6-11)8-18;1-3-2/h3-6,9,12,21H,7-8,18H2,1-2H3,(H,19,22);3H2,1-2H3. The molecule has 0 bridgehead atoms. The molecule has 4 N–H and O–H groups in total. The molecule has 0 fully saturated rings. The summed E-state index contributed by atoms with van der Waals surface area (Å²) in [6.45, 7) is 4.81. The Bertz CT molecular complexity index is 899. The Morgan fingerprint density at radius 2 is 2.12 bits per heavy atom. The molecule has 3 aromatic rings. The Morgan fingerprint density at radius 3 is 2.81 bits per heavy atom. The summed E-state index contributed by atoms with van der Waals surface area (Å²) in [6.07, 6.45) is 3.94. The summed E-state index contributed by atoms with van der Waals surface area (Å²) in [7, 11) is 3.90. The third kappa shape index (κ3) is 3.24. The van der Waals surface area contributed by atoms with E-state index in [1.807, 2.05) is 25.0 Å². The maximum atomic E-state index is 5.77. The summed E-state index contributed by atoms with van der Waals surface area (Å²) < 4.78 is 2.04. The van der Waals surface area contributed by atoms with Crippen LogP contribution in [0.15, 0.2) is 30.6 Å². The van der Waals surface area contributed by atoms with Crippen molar-refractivity contribution in [3.05, 3.63) is 47.4 Å². The van der Waals surface area contributed by atoms with E-state index in [0.29, 0.717) is 6.54 Å². The number of rotatable bonds is 3. The van der Waals surface area contributed by atoms with Crippen LogP contribution in [0.3, 0.4) is 0 Å². The fraction of sp³-hybridized carbons (Fsp3) is 0.400. The van der Waals surface area contributed by atoms with Gasteiger partial charge in [-0.25, -0.2) is 9.97 Å². The van der Waals surface area contributed by atoms with Gasteiger partial charge in [-0.3, -0.25) is 0 Å². The summed E-state index contributed by atoms with van der Waals surface area (Å²) in [6, 6.07) is 8.65. The third-order valence-electron chi connectivity index (χ3n) is 4.48. The number of hydrogen-bond donors (Lipinski definition) is 3. The minimum Gasteiger partial charge on any atom is -0.375 e. The van der Waals surface area contributed by atoms with Crippen LogP contribution in [0.4, 0.5) is 11.5 Å². The monoisotopic (exact) mass is 352 g/mol. The number of benzene rings is 1. The number of fused-ring (bicyclic) bond motifs is 3. The van der Waals surface area contributed by atoms with Crippen LogP contribution in [-0.4, -0.2) is 21.6 Å². The SMILES string of the molecule is CCC.CNc1nc2c(c3c1ncn3C)NC(c1cccc(CN)c1)C2. The molecule has 1 aliphatic heterocycles. The van der Waals surface area contributed by atoms with Crippen LogP contribution in [0.2, 0.25) is 0 Å². The predicted molar refractivity (Wildman–Crippen MR) is 108 cm³/mol. The van der Waals surface area contributed by atoms with E-state index in [0.717, 1.165) is 40.2 Å². The van der Waals surface area contributed by atoms with Crippen LogP contribution in [0.1, 0.15) is 43.1 Å². The maximum Gasteiger partial charge on any atom is 0.154 e. The Hall–Kier alpha value is -2.60. The average molecular weight is 352 g/mol. The average Bonchev–Trinajstić information content (AvgIpc) is 3.25. The van der Waals surface area contributed by atoms with Crippen molar-refractivity contribution in [1.29, 1.82) is 0 Å². The van der Waals surface area contributed by atoms with Gasteiger partial charge >= 0.3 is 0 Å². The fourth-order valence-corrected chi connectivity index (χ4v) is 3.31. The van der Waals surface area contributed by atoms with E-state index in [9.17, 15) is 0 Å². The van der Waals surface area contributed by atoms with E-state index in [4.69, 9.17) is 10.7 Å². The van der Waals surface area contributed by atoms with Gasteiger partial charge in [0.1, 0.15) is 5.52 Å². The number of nitrogens with two attached hydrogens (primary N) is 1. The van der Waals surface area contributed by atoms with Gasteiger partial charge in [-0.2, -0.15) is 0 Å². The molecule has 138 valence electrons. The minimum atomic E-state index is 0.217. The lowest BCUT2D eigenvalue weighted by Crippen LogP contribution is -2.07. The first-order valence-corrected chi connectivity index (χ1v) is 9.19. The Labute approximate surface area is 154 Å². The molecule has 2 aromatic heterocycles. The van der Waals surface area contributed by atoms with E-state index in [2.05, 4.69) is 53.7 Å². The van der Waals surface area contributed by atoms with Gasteiger partial charge in [0.15, 0.2) is 5.82 Å². The van der Waals surface area contributed by atoms with Crippen molar-refractivity contribution < 1.29 is 0 Å². The number of aryl methyl sites for hydroxylation is 1. The van der Waals surface area contributed by atoms with E-state index >= 15 is 0 Å². The molecular weight excluding hydrogens is 324 g/mol. The molecule has 1 aliphatic rings. The van der Waals surface area contributed by atoms with Gasteiger partial charge in [-0.15, -0.1) is 0 Å². The van der Waals surface area contributed by atoms with Gasteiger partial charge in [0, 0.05) is 27.1 Å². The van der Waals surface area contributed by atoms with Crippen molar-refractivity contribution in [2.24, 2.45) is 12.8 Å². The third-order valence-corrected chi connectivity index (χ3v) is 4.48. The number of nitrogens with zero attached hydrogens (tertiary/aromatic N) is 3. The summed E-state index contributed by atoms with van der Waals surface area (Å²) in [5, 5.41) is 6.79. The molecule has 0 radical (unpaired) electrons. The lowest BCUT2D eigenvalue weighted by molar-refractivity contribution is 0.807. The molecule has 0 saturated heterocycles. The summed E-state index contributed by atoms with van der Waals surface area (Å²) in [5.41, 5.74) is 12.3. The van der Waals surface area contributed by atoms with Crippen LogP contribution in [0.5, 0.6) is 0 Å². The molecule has 0 amide bonds. The zero-order valence-corrected chi connectivity index (χ0v) is 16.0. The Morgan fingerprint density at radius 1 is 1.35 bits per heavy atom. The van der Waals surface area contributed by atoms with Gasteiger partial charge in [0.25, 0.3) is 0 Å². The van der Waals surface area contributed by atoms with Gasteiger partial charge < -0.3 is 20.9 Å². The second kappa shape index (κ2) is 7.74. The van der Waals surface area contributed by atoms with Gasteiger partial charge in [-0.05, 0) is 11.1 Å². The maximum absolute atomic E-state index is 5.77. The van der Waals surface area contributed by atoms with Gasteiger partial charge in [-0.1, -0.05) is 44.5 Å². The molecule has 1 aromatic carbocycles. The van der Waals surface area contributed by atoms with E-state index in [1.54, 1.807) is 0 Å². The number of anilines is 2. The fourth-order valence-electron chi connectivity index (χ4n) is 3.31. The van der Waals surface area contributed by atoms with Crippen LogP contribution in [-0.2, 0) is 20.0 Å². The molecular formula is C20H28N6. The summed E-state index contributed by atoms with van der Waals surface area (Å²) in [5.74, 6) is 0.831. The Balaban J connectivity index is 0.000000613. The molecule has 6 nitrogen and oxygen atoms in total. The molecule has 6 heteroatoms. The number of aromatic nitrogens is 3. The molecule has 0 aliphatic carbocycles. The van der Waals surface area contributed by atoms with Crippen molar-refractivity contribution >= 4 is 22.5 Å². The molecule has 4 rings (SSSR count). The number of pyridine rings is 1. The molecule has 3 heterocycles. The second-order valence-electron chi connectivity index (χ2n) is 6.64. The lowest BCUT2D eigenvalue weighted by atomic mass is 10.0. The first-order valence-electron chi connectivity index (χ1n) is 9.19. The molecule has 26 heavy (non-hydrogen) atoms. The van der Waals surface area contributed by atoms with Crippen molar-refractivity contribution in [3.63, 3.8) is 0 Å². The van der Waals surface area contributed by atoms with E-state index in [1.165, 1.54) is 12.0 Å². The first kappa shape index (κ1) is 18.2. The highest BCUT2D eigenvalue weighted by atomic mass is 15.1. The number of imidazole rings is 1. The minimum absolute atomic E-state index is 0.217. The molecule has 1 atom stereocenters. The first-order chi connectivity index (χ1) is 12.6. The zero-order valence-electron chi connectivity index (χ0n) is 16.0. The van der Waals surface area contributed by atoms with Crippen molar-refractivity contribution in [1.82, 2.24) is 14.5 Å². The van der Waals surface area contributed by atoms with Crippen LogP contribution >= 0.6 is 0 Å². The number of hydrogen-bond acceptors (Lipinski definition) is 5. The Kier molecular flexibility index (Phi) is 5.42. The number of nitrogens with one attached hydrogen (secondary N) is 2. The summed E-state index contributed by atoms with van der Waals surface area (Å²) in [4.78, 5) is 9.23. The predicted octanol–water partition coefficient (Wildman–Crippen LogP) is 3.59. The van der Waals surface area contributed by atoms with Crippen molar-refractivity contribution in [2.75, 3.05) is 17.7 Å². The van der Waals surface area contributed by atoms with Crippen molar-refractivity contribution in [3.8, 4) is 0 Å². The molecule has 0 saturated carbocycles. The van der Waals surface area contributed by atoms with E-state index < -0.39 is 0 Å². The highest BCUT2D eigenvalue weighted by Crippen LogP contribution is 2.39. The van der Waals surface area contributed by atoms with Gasteiger partial charge in [0.2, 0.25) is 0 Å². The van der Waals surface area contributed by atoms with Crippen LogP contribution < -0.4 is 16.4 Å². The molecule has 1 unspecified atom stereocenters.